The molecule has 0 saturated heterocycles. The van der Waals surface area contributed by atoms with Crippen molar-refractivity contribution in [1.29, 1.82) is 0 Å². The van der Waals surface area contributed by atoms with Gasteiger partial charge in [-0.25, -0.2) is 0 Å². The van der Waals surface area contributed by atoms with Gasteiger partial charge in [0, 0.05) is 19.3 Å². The normalized spacial score (nSPS) is 12.8. The zero-order chi connectivity index (χ0) is 50.7. The van der Waals surface area contributed by atoms with Gasteiger partial charge in [-0.05, 0) is 83.5 Å². The maximum absolute atomic E-state index is 12.8. The van der Waals surface area contributed by atoms with Crippen LogP contribution in [0.15, 0.2) is 97.2 Å². The lowest BCUT2D eigenvalue weighted by Crippen LogP contribution is -2.30. The van der Waals surface area contributed by atoms with Gasteiger partial charge in [-0.2, -0.15) is 0 Å². The number of allylic oxidation sites excluding steroid dienone is 16. The molecule has 6 nitrogen and oxygen atoms in total. The third kappa shape index (κ3) is 55.3. The molecule has 0 fully saturated rings. The first-order valence-electron chi connectivity index (χ1n) is 29.2. The third-order valence-electron chi connectivity index (χ3n) is 12.4. The van der Waals surface area contributed by atoms with Crippen LogP contribution in [0.2, 0.25) is 0 Å². The van der Waals surface area contributed by atoms with Crippen molar-refractivity contribution >= 4 is 17.9 Å². The molecule has 0 spiro atoms. The summed E-state index contributed by atoms with van der Waals surface area (Å²) in [7, 11) is 0. The Balaban J connectivity index is 4.23. The van der Waals surface area contributed by atoms with Crippen LogP contribution in [0.4, 0.5) is 0 Å². The number of esters is 3. The number of hydrogen-bond acceptors (Lipinski definition) is 6. The van der Waals surface area contributed by atoms with Gasteiger partial charge in [0.25, 0.3) is 0 Å². The van der Waals surface area contributed by atoms with E-state index in [0.29, 0.717) is 19.3 Å². The Morgan fingerprint density at radius 3 is 0.871 bits per heavy atom. The third-order valence-corrected chi connectivity index (χ3v) is 12.4. The first kappa shape index (κ1) is 66.3. The van der Waals surface area contributed by atoms with E-state index in [1.54, 1.807) is 0 Å². The van der Waals surface area contributed by atoms with Gasteiger partial charge in [0.2, 0.25) is 0 Å². The van der Waals surface area contributed by atoms with E-state index in [1.165, 1.54) is 109 Å². The molecule has 0 N–H and O–H groups in total. The van der Waals surface area contributed by atoms with Crippen molar-refractivity contribution in [3.8, 4) is 0 Å². The average Bonchev–Trinajstić information content (AvgIpc) is 3.36. The Bertz CT molecular complexity index is 1400. The molecule has 0 saturated carbocycles. The van der Waals surface area contributed by atoms with Crippen molar-refractivity contribution in [2.24, 2.45) is 0 Å². The number of rotatable bonds is 52. The molecule has 0 radical (unpaired) electrons. The molecular formula is C64H108O6. The summed E-state index contributed by atoms with van der Waals surface area (Å²) in [5.41, 5.74) is 0. The van der Waals surface area contributed by atoms with Gasteiger partial charge < -0.3 is 14.2 Å². The Hall–Kier alpha value is -3.67. The number of carbonyl (C=O) groups is 3. The highest BCUT2D eigenvalue weighted by Gasteiger charge is 2.19. The van der Waals surface area contributed by atoms with Crippen LogP contribution in [-0.4, -0.2) is 37.2 Å². The molecule has 0 amide bonds. The molecule has 1 atom stereocenters. The molecule has 400 valence electrons. The monoisotopic (exact) mass is 973 g/mol. The van der Waals surface area contributed by atoms with Gasteiger partial charge in [0.1, 0.15) is 13.2 Å². The second-order valence-electron chi connectivity index (χ2n) is 19.2. The first-order valence-corrected chi connectivity index (χ1v) is 29.2. The minimum absolute atomic E-state index is 0.0832. The summed E-state index contributed by atoms with van der Waals surface area (Å²) in [4.78, 5) is 37.9. The standard InChI is InChI=1S/C64H108O6/c1-4-7-10-13-16-18-20-22-24-26-27-28-29-30-31-32-33-34-35-36-37-38-40-41-43-45-48-51-54-57-63(66)69-60-61(59-68-62(65)56-53-50-47-15-12-9-6-3)70-64(67)58-55-52-49-46-44-42-39-25-23-21-19-17-14-11-8-5-2/h7,10,16,18,22,24,27-28,30-31,33-34,36-37,40-41,61H,4-6,8-9,11-15,17,19-21,23,25-26,29,32,35,38-39,42-60H2,1-3H3/b10-7-,18-16-,24-22-,28-27-,31-30-,34-33-,37-36-,41-40-. The smallest absolute Gasteiger partial charge is 0.306 e. The fraction of sp³-hybridized carbons (Fsp3) is 0.703. The number of ether oxygens (including phenoxy) is 3. The van der Waals surface area contributed by atoms with Gasteiger partial charge in [-0.15, -0.1) is 0 Å². The number of carbonyl (C=O) groups excluding carboxylic acids is 3. The molecule has 0 rings (SSSR count). The van der Waals surface area contributed by atoms with E-state index in [2.05, 4.69) is 118 Å². The van der Waals surface area contributed by atoms with E-state index in [-0.39, 0.29) is 31.1 Å². The van der Waals surface area contributed by atoms with Crippen molar-refractivity contribution in [2.45, 2.75) is 277 Å². The molecule has 6 heteroatoms. The molecule has 0 aromatic rings. The quantitative estimate of drug-likeness (QED) is 0.0262. The van der Waals surface area contributed by atoms with Crippen LogP contribution in [0.3, 0.4) is 0 Å². The predicted molar refractivity (Wildman–Crippen MR) is 302 cm³/mol. The Morgan fingerprint density at radius 2 is 0.557 bits per heavy atom. The van der Waals surface area contributed by atoms with Gasteiger partial charge in [-0.1, -0.05) is 266 Å². The average molecular weight is 974 g/mol. The maximum atomic E-state index is 12.8. The minimum Gasteiger partial charge on any atom is -0.462 e. The SMILES string of the molecule is CC/C=C\C/C=C\C/C=C\C/C=C\C/C=C\C/C=C\C/C=C\C/C=C\CCCCCCC(=O)OCC(COC(=O)CCCCCCCCC)OC(=O)CCCCCCCCCCCCCCCCCC. The summed E-state index contributed by atoms with van der Waals surface area (Å²) in [5.74, 6) is -0.911. The zero-order valence-corrected chi connectivity index (χ0v) is 45.8. The van der Waals surface area contributed by atoms with Crippen LogP contribution in [0.5, 0.6) is 0 Å². The summed E-state index contributed by atoms with van der Waals surface area (Å²) in [5, 5.41) is 0. The summed E-state index contributed by atoms with van der Waals surface area (Å²) >= 11 is 0. The molecule has 0 aromatic carbocycles. The summed E-state index contributed by atoms with van der Waals surface area (Å²) < 4.78 is 16.8. The van der Waals surface area contributed by atoms with Gasteiger partial charge in [0.05, 0.1) is 0 Å². The van der Waals surface area contributed by atoms with Crippen molar-refractivity contribution in [1.82, 2.24) is 0 Å². The van der Waals surface area contributed by atoms with E-state index in [9.17, 15) is 14.4 Å². The summed E-state index contributed by atoms with van der Waals surface area (Å²) in [6, 6.07) is 0. The Labute approximate surface area is 432 Å². The van der Waals surface area contributed by atoms with Crippen molar-refractivity contribution in [2.75, 3.05) is 13.2 Å². The molecular weight excluding hydrogens is 865 g/mol. The van der Waals surface area contributed by atoms with Crippen LogP contribution in [-0.2, 0) is 28.6 Å². The fourth-order valence-electron chi connectivity index (χ4n) is 7.99. The topological polar surface area (TPSA) is 78.9 Å². The van der Waals surface area contributed by atoms with Crippen LogP contribution >= 0.6 is 0 Å². The highest BCUT2D eigenvalue weighted by molar-refractivity contribution is 5.71. The van der Waals surface area contributed by atoms with Crippen LogP contribution in [0, 0.1) is 0 Å². The second-order valence-corrected chi connectivity index (χ2v) is 19.2. The van der Waals surface area contributed by atoms with Crippen LogP contribution < -0.4 is 0 Å². The maximum Gasteiger partial charge on any atom is 0.306 e. The van der Waals surface area contributed by atoms with E-state index in [1.807, 2.05) is 0 Å². The molecule has 0 bridgehead atoms. The first-order chi connectivity index (χ1) is 34.5. The van der Waals surface area contributed by atoms with Gasteiger partial charge >= 0.3 is 17.9 Å². The highest BCUT2D eigenvalue weighted by atomic mass is 16.6. The van der Waals surface area contributed by atoms with Gasteiger partial charge in [-0.3, -0.25) is 14.4 Å². The summed E-state index contributed by atoms with van der Waals surface area (Å²) in [6.45, 7) is 6.47. The van der Waals surface area contributed by atoms with Crippen molar-refractivity contribution in [3.05, 3.63) is 97.2 Å². The van der Waals surface area contributed by atoms with E-state index in [0.717, 1.165) is 122 Å². The Morgan fingerprint density at radius 1 is 0.300 bits per heavy atom. The highest BCUT2D eigenvalue weighted by Crippen LogP contribution is 2.16. The largest absolute Gasteiger partial charge is 0.462 e. The molecule has 0 aliphatic carbocycles. The fourth-order valence-corrected chi connectivity index (χ4v) is 7.99. The van der Waals surface area contributed by atoms with Gasteiger partial charge in [0.15, 0.2) is 6.10 Å². The minimum atomic E-state index is -0.784. The number of hydrogen-bond donors (Lipinski definition) is 0. The summed E-state index contributed by atoms with van der Waals surface area (Å²) in [6.07, 6.45) is 77.1. The zero-order valence-electron chi connectivity index (χ0n) is 45.8. The van der Waals surface area contributed by atoms with Crippen LogP contribution in [0.1, 0.15) is 271 Å². The van der Waals surface area contributed by atoms with E-state index >= 15 is 0 Å². The predicted octanol–water partition coefficient (Wildman–Crippen LogP) is 19.7. The lowest BCUT2D eigenvalue weighted by Gasteiger charge is -2.18. The molecule has 0 heterocycles. The second kappa shape index (κ2) is 57.9. The van der Waals surface area contributed by atoms with Crippen molar-refractivity contribution < 1.29 is 28.6 Å². The van der Waals surface area contributed by atoms with Crippen LogP contribution in [0.25, 0.3) is 0 Å². The lowest BCUT2D eigenvalue weighted by molar-refractivity contribution is -0.167. The van der Waals surface area contributed by atoms with E-state index < -0.39 is 6.10 Å². The molecule has 0 aliphatic heterocycles. The number of unbranched alkanes of at least 4 members (excludes halogenated alkanes) is 25. The molecule has 0 aliphatic rings. The van der Waals surface area contributed by atoms with E-state index in [4.69, 9.17) is 14.2 Å². The molecule has 1 unspecified atom stereocenters. The molecule has 0 aromatic heterocycles. The lowest BCUT2D eigenvalue weighted by atomic mass is 10.0. The molecule has 70 heavy (non-hydrogen) atoms. The Kier molecular flexibility index (Phi) is 54.9. The van der Waals surface area contributed by atoms with Crippen molar-refractivity contribution in [3.63, 3.8) is 0 Å².